The fourth-order valence-corrected chi connectivity index (χ4v) is 4.39. The minimum absolute atomic E-state index is 0.135. The highest BCUT2D eigenvalue weighted by Gasteiger charge is 2.24. The first-order valence-electron chi connectivity index (χ1n) is 9.34. The third-order valence-corrected chi connectivity index (χ3v) is 6.30. The molecular weight excluding hydrogens is 418 g/mol. The zero-order chi connectivity index (χ0) is 20.9. The maximum atomic E-state index is 12.8. The highest BCUT2D eigenvalue weighted by atomic mass is 32.2. The van der Waals surface area contributed by atoms with Crippen LogP contribution in [-0.2, 0) is 4.79 Å². The van der Waals surface area contributed by atoms with E-state index in [0.717, 1.165) is 16.3 Å². The van der Waals surface area contributed by atoms with Crippen LogP contribution in [0.4, 0.5) is 5.13 Å². The van der Waals surface area contributed by atoms with Crippen LogP contribution in [0.2, 0.25) is 0 Å². The van der Waals surface area contributed by atoms with Crippen molar-refractivity contribution in [2.24, 2.45) is 0 Å². The molecule has 0 radical (unpaired) electrons. The van der Waals surface area contributed by atoms with Crippen molar-refractivity contribution in [3.8, 4) is 17.1 Å². The molecule has 0 saturated carbocycles. The van der Waals surface area contributed by atoms with Crippen molar-refractivity contribution in [3.63, 3.8) is 0 Å². The number of aromatic nitrogens is 6. The summed E-state index contributed by atoms with van der Waals surface area (Å²) in [5, 5.41) is 21.1. The highest BCUT2D eigenvalue weighted by Crippen LogP contribution is 2.31. The lowest BCUT2D eigenvalue weighted by molar-refractivity contribution is -0.115. The smallest absolute Gasteiger partial charge is 0.239 e. The molecular formula is C20H19N7OS2. The predicted octanol–water partition coefficient (Wildman–Crippen LogP) is 4.00. The number of carbonyl (C=O) groups excluding carboxylic acids is 1. The first kappa shape index (κ1) is 20.2. The van der Waals surface area contributed by atoms with Crippen molar-refractivity contribution < 1.29 is 4.79 Å². The van der Waals surface area contributed by atoms with Gasteiger partial charge in [0.25, 0.3) is 0 Å². The van der Waals surface area contributed by atoms with E-state index in [9.17, 15) is 4.79 Å². The fraction of sp³-hybridized carbons (Fsp3) is 0.200. The van der Waals surface area contributed by atoms with Gasteiger partial charge in [-0.2, -0.15) is 0 Å². The minimum Gasteiger partial charge on any atom is -0.300 e. The Kier molecular flexibility index (Phi) is 6.15. The number of aryl methyl sites for hydroxylation is 1. The molecule has 0 aliphatic carbocycles. The van der Waals surface area contributed by atoms with E-state index >= 15 is 0 Å². The Hall–Kier alpha value is -3.11. The third-order valence-electron chi connectivity index (χ3n) is 4.23. The van der Waals surface area contributed by atoms with E-state index in [1.54, 1.807) is 12.4 Å². The van der Waals surface area contributed by atoms with Gasteiger partial charge in [-0.05, 0) is 37.6 Å². The lowest BCUT2D eigenvalue weighted by atomic mass is 10.2. The van der Waals surface area contributed by atoms with Gasteiger partial charge in [0.05, 0.1) is 5.25 Å². The second-order valence-corrected chi connectivity index (χ2v) is 8.70. The summed E-state index contributed by atoms with van der Waals surface area (Å²) in [6, 6.07) is 13.6. The predicted molar refractivity (Wildman–Crippen MR) is 118 cm³/mol. The van der Waals surface area contributed by atoms with Crippen LogP contribution in [-0.4, -0.2) is 41.1 Å². The molecule has 0 aliphatic heterocycles. The summed E-state index contributed by atoms with van der Waals surface area (Å²) in [5.74, 6) is 0.538. The average Bonchev–Trinajstić information content (AvgIpc) is 3.39. The first-order chi connectivity index (χ1) is 14.7. The number of pyridine rings is 1. The van der Waals surface area contributed by atoms with Gasteiger partial charge in [-0.25, -0.2) is 0 Å². The normalized spacial score (nSPS) is 11.9. The van der Waals surface area contributed by atoms with Gasteiger partial charge in [0.1, 0.15) is 5.01 Å². The lowest BCUT2D eigenvalue weighted by Crippen LogP contribution is -2.25. The van der Waals surface area contributed by atoms with Crippen molar-refractivity contribution in [2.75, 3.05) is 5.32 Å². The van der Waals surface area contributed by atoms with Crippen LogP contribution < -0.4 is 5.32 Å². The Labute approximate surface area is 181 Å². The van der Waals surface area contributed by atoms with Crippen molar-refractivity contribution >= 4 is 34.1 Å². The molecule has 4 rings (SSSR count). The van der Waals surface area contributed by atoms with E-state index in [1.165, 1.54) is 23.1 Å². The van der Waals surface area contributed by atoms with Gasteiger partial charge in [-0.3, -0.25) is 19.7 Å². The topological polar surface area (TPSA) is 98.5 Å². The number of para-hydroxylation sites is 1. The Morgan fingerprint density at radius 2 is 1.97 bits per heavy atom. The molecule has 8 nitrogen and oxygen atoms in total. The van der Waals surface area contributed by atoms with E-state index in [0.29, 0.717) is 22.5 Å². The molecule has 0 fully saturated rings. The molecule has 4 aromatic rings. The molecule has 10 heteroatoms. The summed E-state index contributed by atoms with van der Waals surface area (Å²) < 4.78 is 1.95. The van der Waals surface area contributed by atoms with Crippen LogP contribution in [0.25, 0.3) is 17.1 Å². The van der Waals surface area contributed by atoms with Gasteiger partial charge < -0.3 is 0 Å². The molecule has 30 heavy (non-hydrogen) atoms. The standard InChI is InChI=1S/C20H19N7OS2/c1-3-16(18(28)22-19-25-23-13(2)29-19)30-20-26-24-17(14-8-7-11-21-12-14)27(20)15-9-5-4-6-10-15/h4-12,16H,3H2,1-2H3,(H,22,25,28)/t16-/m1/s1. The molecule has 3 heterocycles. The molecule has 152 valence electrons. The largest absolute Gasteiger partial charge is 0.300 e. The van der Waals surface area contributed by atoms with Gasteiger partial charge in [0.2, 0.25) is 11.0 Å². The van der Waals surface area contributed by atoms with Gasteiger partial charge in [0, 0.05) is 23.6 Å². The number of hydrogen-bond acceptors (Lipinski definition) is 8. The number of anilines is 1. The number of thioether (sulfide) groups is 1. The number of rotatable bonds is 7. The molecule has 0 spiro atoms. The molecule has 1 N–H and O–H groups in total. The van der Waals surface area contributed by atoms with E-state index < -0.39 is 0 Å². The monoisotopic (exact) mass is 437 g/mol. The summed E-state index contributed by atoms with van der Waals surface area (Å²) in [5.41, 5.74) is 1.77. The summed E-state index contributed by atoms with van der Waals surface area (Å²) in [6.45, 7) is 3.82. The lowest BCUT2D eigenvalue weighted by Gasteiger charge is -2.15. The number of nitrogens with zero attached hydrogens (tertiary/aromatic N) is 6. The zero-order valence-corrected chi connectivity index (χ0v) is 18.0. The molecule has 1 atom stereocenters. The van der Waals surface area contributed by atoms with Crippen molar-refractivity contribution in [1.82, 2.24) is 29.9 Å². The number of benzene rings is 1. The molecule has 0 aliphatic rings. The van der Waals surface area contributed by atoms with Gasteiger partial charge in [-0.15, -0.1) is 20.4 Å². The number of amides is 1. The summed E-state index contributed by atoms with van der Waals surface area (Å²) in [6.07, 6.45) is 4.09. The highest BCUT2D eigenvalue weighted by molar-refractivity contribution is 8.00. The molecule has 0 bridgehead atoms. The fourth-order valence-electron chi connectivity index (χ4n) is 2.82. The maximum Gasteiger partial charge on any atom is 0.239 e. The third kappa shape index (κ3) is 4.39. The van der Waals surface area contributed by atoms with Crippen LogP contribution in [0.5, 0.6) is 0 Å². The van der Waals surface area contributed by atoms with E-state index in [-0.39, 0.29) is 11.2 Å². The Morgan fingerprint density at radius 1 is 1.13 bits per heavy atom. The van der Waals surface area contributed by atoms with Crippen LogP contribution >= 0.6 is 23.1 Å². The summed E-state index contributed by atoms with van der Waals surface area (Å²) in [7, 11) is 0. The zero-order valence-electron chi connectivity index (χ0n) is 16.4. The van der Waals surface area contributed by atoms with E-state index in [4.69, 9.17) is 0 Å². The minimum atomic E-state index is -0.359. The van der Waals surface area contributed by atoms with E-state index in [1.807, 2.05) is 60.9 Å². The average molecular weight is 438 g/mol. The van der Waals surface area contributed by atoms with Crippen LogP contribution in [0.1, 0.15) is 18.4 Å². The molecule has 1 amide bonds. The summed E-state index contributed by atoms with van der Waals surface area (Å²) in [4.78, 5) is 17.0. The van der Waals surface area contributed by atoms with Gasteiger partial charge in [0.15, 0.2) is 11.0 Å². The second-order valence-electron chi connectivity index (χ2n) is 6.35. The summed E-state index contributed by atoms with van der Waals surface area (Å²) >= 11 is 2.72. The van der Waals surface area contributed by atoms with Gasteiger partial charge >= 0.3 is 0 Å². The van der Waals surface area contributed by atoms with Crippen molar-refractivity contribution in [3.05, 3.63) is 59.9 Å². The Balaban J connectivity index is 1.66. The maximum absolute atomic E-state index is 12.8. The molecule has 1 aromatic carbocycles. The van der Waals surface area contributed by atoms with E-state index in [2.05, 4.69) is 30.7 Å². The second kappa shape index (κ2) is 9.14. The SMILES string of the molecule is CC[C@@H](Sc1nnc(-c2cccnc2)n1-c1ccccc1)C(=O)Nc1nnc(C)s1. The molecule has 0 saturated heterocycles. The molecule has 3 aromatic heterocycles. The van der Waals surface area contributed by atoms with Crippen molar-refractivity contribution in [2.45, 2.75) is 30.7 Å². The number of nitrogens with one attached hydrogen (secondary N) is 1. The number of hydrogen-bond donors (Lipinski definition) is 1. The first-order valence-corrected chi connectivity index (χ1v) is 11.0. The van der Waals surface area contributed by atoms with Crippen molar-refractivity contribution in [1.29, 1.82) is 0 Å². The van der Waals surface area contributed by atoms with Gasteiger partial charge in [-0.1, -0.05) is 48.2 Å². The quantitative estimate of drug-likeness (QED) is 0.436. The van der Waals surface area contributed by atoms with Crippen LogP contribution in [0.15, 0.2) is 60.0 Å². The molecule has 0 unspecified atom stereocenters. The number of carbonyl (C=O) groups is 1. The Bertz CT molecular complexity index is 1130. The Morgan fingerprint density at radius 3 is 2.63 bits per heavy atom. The van der Waals surface area contributed by atoms with Crippen LogP contribution in [0.3, 0.4) is 0 Å². The van der Waals surface area contributed by atoms with Crippen LogP contribution in [0, 0.1) is 6.92 Å².